The summed E-state index contributed by atoms with van der Waals surface area (Å²) in [5.74, 6) is -1.99. The number of hydrogen-bond donors (Lipinski definition) is 5. The first-order valence-corrected chi connectivity index (χ1v) is 4.45. The molecule has 5 N–H and O–H groups in total. The molecule has 1 rings (SSSR count). The topological polar surface area (TPSA) is 110 Å². The molecule has 1 aliphatic heterocycles. The second kappa shape index (κ2) is 4.09. The normalized spacial score (nSPS) is 46.3. The summed E-state index contributed by atoms with van der Waals surface area (Å²) >= 11 is 0. The number of aliphatic hydroxyl groups excluding tert-OH is 4. The van der Waals surface area contributed by atoms with Crippen molar-refractivity contribution in [3.05, 3.63) is 0 Å². The molecule has 6 nitrogen and oxygen atoms in total. The Labute approximate surface area is 81.4 Å². The lowest BCUT2D eigenvalue weighted by Crippen LogP contribution is -2.61. The molecule has 14 heavy (non-hydrogen) atoms. The third kappa shape index (κ3) is 2.22. The van der Waals surface area contributed by atoms with Crippen LogP contribution >= 0.6 is 0 Å². The first kappa shape index (κ1) is 11.8. The minimum absolute atomic E-state index is 0.224. The number of aliphatic hydroxyl groups is 5. The Balaban J connectivity index is 2.69. The molecule has 1 saturated heterocycles. The van der Waals surface area contributed by atoms with Crippen LogP contribution in [0.15, 0.2) is 0 Å². The van der Waals surface area contributed by atoms with E-state index in [4.69, 9.17) is 14.9 Å². The Morgan fingerprint density at radius 3 is 2.50 bits per heavy atom. The molecule has 0 bridgehead atoms. The van der Waals surface area contributed by atoms with Gasteiger partial charge in [0.2, 0.25) is 0 Å². The minimum Gasteiger partial charge on any atom is -0.393 e. The molecule has 0 aromatic heterocycles. The maximum atomic E-state index is 9.70. The van der Waals surface area contributed by atoms with E-state index in [1.807, 2.05) is 0 Å². The van der Waals surface area contributed by atoms with Crippen LogP contribution in [-0.4, -0.2) is 62.3 Å². The molecule has 1 heterocycles. The van der Waals surface area contributed by atoms with Gasteiger partial charge in [0.05, 0.1) is 12.7 Å². The van der Waals surface area contributed by atoms with Crippen LogP contribution in [0.3, 0.4) is 0 Å². The lowest BCUT2D eigenvalue weighted by atomic mass is 9.93. The summed E-state index contributed by atoms with van der Waals surface area (Å²) in [6, 6.07) is 0. The highest BCUT2D eigenvalue weighted by molar-refractivity contribution is 4.92. The van der Waals surface area contributed by atoms with Crippen LogP contribution in [0.1, 0.15) is 13.3 Å². The molecule has 0 radical (unpaired) electrons. The predicted octanol–water partition coefficient (Wildman–Crippen LogP) is -2.44. The third-order valence-corrected chi connectivity index (χ3v) is 2.27. The summed E-state index contributed by atoms with van der Waals surface area (Å²) in [6.07, 6.45) is -5.41. The second-order valence-electron chi connectivity index (χ2n) is 3.71. The van der Waals surface area contributed by atoms with Gasteiger partial charge in [-0.2, -0.15) is 0 Å². The summed E-state index contributed by atoms with van der Waals surface area (Å²) in [5, 5.41) is 46.5. The fourth-order valence-corrected chi connectivity index (χ4v) is 1.49. The Morgan fingerprint density at radius 1 is 1.43 bits per heavy atom. The van der Waals surface area contributed by atoms with Crippen molar-refractivity contribution in [1.82, 2.24) is 0 Å². The molecule has 0 aliphatic carbocycles. The molecule has 0 aromatic carbocycles. The van der Waals surface area contributed by atoms with Crippen LogP contribution in [0.5, 0.6) is 0 Å². The Morgan fingerprint density at radius 2 is 2.00 bits per heavy atom. The van der Waals surface area contributed by atoms with Crippen LogP contribution in [0, 0.1) is 0 Å². The van der Waals surface area contributed by atoms with Crippen LogP contribution in [0.25, 0.3) is 0 Å². The number of hydrogen-bond acceptors (Lipinski definition) is 6. The van der Waals surface area contributed by atoms with Gasteiger partial charge in [-0.05, 0) is 6.92 Å². The largest absolute Gasteiger partial charge is 0.393 e. The number of ether oxygens (including phenoxy) is 1. The van der Waals surface area contributed by atoms with Gasteiger partial charge in [0.25, 0.3) is 0 Å². The van der Waals surface area contributed by atoms with Crippen LogP contribution in [0.2, 0.25) is 0 Å². The number of rotatable bonds is 2. The molecule has 1 fully saturated rings. The van der Waals surface area contributed by atoms with Gasteiger partial charge in [0.1, 0.15) is 18.3 Å². The third-order valence-electron chi connectivity index (χ3n) is 2.27. The molecule has 5 atom stereocenters. The van der Waals surface area contributed by atoms with Gasteiger partial charge in [-0.15, -0.1) is 0 Å². The van der Waals surface area contributed by atoms with Crippen molar-refractivity contribution in [3.63, 3.8) is 0 Å². The van der Waals surface area contributed by atoms with Crippen LogP contribution < -0.4 is 0 Å². The van der Waals surface area contributed by atoms with E-state index in [0.717, 1.165) is 0 Å². The van der Waals surface area contributed by atoms with Crippen molar-refractivity contribution in [3.8, 4) is 0 Å². The van der Waals surface area contributed by atoms with E-state index in [0.29, 0.717) is 0 Å². The molecular weight excluding hydrogens is 192 g/mol. The summed E-state index contributed by atoms with van der Waals surface area (Å²) in [4.78, 5) is 0. The van der Waals surface area contributed by atoms with Gasteiger partial charge in [-0.3, -0.25) is 0 Å². The van der Waals surface area contributed by atoms with Gasteiger partial charge >= 0.3 is 0 Å². The van der Waals surface area contributed by atoms with E-state index in [9.17, 15) is 15.3 Å². The first-order chi connectivity index (χ1) is 6.37. The van der Waals surface area contributed by atoms with Gasteiger partial charge in [-0.25, -0.2) is 0 Å². The zero-order chi connectivity index (χ0) is 10.9. The van der Waals surface area contributed by atoms with Crippen molar-refractivity contribution >= 4 is 0 Å². The highest BCUT2D eigenvalue weighted by Gasteiger charge is 2.48. The Hall–Kier alpha value is -0.240. The lowest BCUT2D eigenvalue weighted by Gasteiger charge is -2.42. The highest BCUT2D eigenvalue weighted by atomic mass is 16.6. The SMILES string of the molecule is CC(O)CC1(O)OC[C@@H](O)[C@H](O)[C@H]1O. The summed E-state index contributed by atoms with van der Waals surface area (Å²) in [6.45, 7) is 1.15. The van der Waals surface area contributed by atoms with Crippen molar-refractivity contribution in [2.24, 2.45) is 0 Å². The predicted molar refractivity (Wildman–Crippen MR) is 45.2 cm³/mol. The molecule has 0 amide bonds. The average Bonchev–Trinajstić information content (AvgIpc) is 2.08. The summed E-state index contributed by atoms with van der Waals surface area (Å²) < 4.78 is 4.81. The molecule has 1 aliphatic rings. The van der Waals surface area contributed by atoms with E-state index in [1.165, 1.54) is 6.92 Å². The first-order valence-electron chi connectivity index (χ1n) is 4.45. The molecule has 0 spiro atoms. The fraction of sp³-hybridized carbons (Fsp3) is 1.00. The van der Waals surface area contributed by atoms with Gasteiger partial charge in [0, 0.05) is 6.42 Å². The van der Waals surface area contributed by atoms with Crippen LogP contribution in [-0.2, 0) is 4.74 Å². The van der Waals surface area contributed by atoms with Gasteiger partial charge in [0.15, 0.2) is 5.79 Å². The monoisotopic (exact) mass is 208 g/mol. The average molecular weight is 208 g/mol. The molecule has 84 valence electrons. The molecule has 2 unspecified atom stereocenters. The van der Waals surface area contributed by atoms with Crippen molar-refractivity contribution in [2.75, 3.05) is 6.61 Å². The van der Waals surface area contributed by atoms with E-state index in [2.05, 4.69) is 0 Å². The lowest BCUT2D eigenvalue weighted by molar-refractivity contribution is -0.328. The maximum absolute atomic E-state index is 9.70. The van der Waals surface area contributed by atoms with Gasteiger partial charge in [-0.1, -0.05) is 0 Å². The molecule has 6 heteroatoms. The summed E-state index contributed by atoms with van der Waals surface area (Å²) in [5.41, 5.74) is 0. The van der Waals surface area contributed by atoms with Crippen molar-refractivity contribution in [1.29, 1.82) is 0 Å². The second-order valence-corrected chi connectivity index (χ2v) is 3.71. The van der Waals surface area contributed by atoms with Gasteiger partial charge < -0.3 is 30.3 Å². The fourth-order valence-electron chi connectivity index (χ4n) is 1.49. The zero-order valence-corrected chi connectivity index (χ0v) is 7.87. The van der Waals surface area contributed by atoms with E-state index in [1.54, 1.807) is 0 Å². The maximum Gasteiger partial charge on any atom is 0.197 e. The van der Waals surface area contributed by atoms with E-state index >= 15 is 0 Å². The van der Waals surface area contributed by atoms with E-state index < -0.39 is 30.2 Å². The minimum atomic E-state index is -1.99. The zero-order valence-electron chi connectivity index (χ0n) is 7.87. The summed E-state index contributed by atoms with van der Waals surface area (Å²) in [7, 11) is 0. The quantitative estimate of drug-likeness (QED) is 0.345. The molecule has 0 saturated carbocycles. The standard InChI is InChI=1S/C8H16O6/c1-4(9)2-8(13)7(12)6(11)5(10)3-14-8/h4-7,9-13H,2-3H2,1H3/t4?,5-,6+,7-,8?/m1/s1. The highest BCUT2D eigenvalue weighted by Crippen LogP contribution is 2.27. The van der Waals surface area contributed by atoms with Crippen molar-refractivity contribution in [2.45, 2.75) is 43.5 Å². The van der Waals surface area contributed by atoms with Crippen LogP contribution in [0.4, 0.5) is 0 Å². The van der Waals surface area contributed by atoms with E-state index in [-0.39, 0.29) is 13.0 Å². The Bertz CT molecular complexity index is 196. The Kier molecular flexibility index (Phi) is 3.46. The smallest absolute Gasteiger partial charge is 0.197 e. The van der Waals surface area contributed by atoms with Crippen molar-refractivity contribution < 1.29 is 30.3 Å². The molecular formula is C8H16O6. The molecule has 0 aromatic rings.